The summed E-state index contributed by atoms with van der Waals surface area (Å²) in [6.07, 6.45) is 0.772. The third-order valence-electron chi connectivity index (χ3n) is 2.47. The van der Waals surface area contributed by atoms with Gasteiger partial charge in [0.25, 0.3) is 10.2 Å². The molecule has 0 saturated carbocycles. The Kier molecular flexibility index (Phi) is 8.08. The number of nitrogens with one attached hydrogen (secondary N) is 1. The maximum Gasteiger partial charge on any atom is 0.306 e. The van der Waals surface area contributed by atoms with Gasteiger partial charge in [-0.15, -0.1) is 0 Å². The van der Waals surface area contributed by atoms with Crippen LogP contribution in [0.2, 0.25) is 0 Å². The maximum absolute atomic E-state index is 11.8. The average Bonchev–Trinajstić information content (AvgIpc) is 2.30. The van der Waals surface area contributed by atoms with Gasteiger partial charge < -0.3 is 9.84 Å². The lowest BCUT2D eigenvalue weighted by molar-refractivity contribution is -0.139. The van der Waals surface area contributed by atoms with Gasteiger partial charge in [0.05, 0.1) is 12.5 Å². The molecule has 0 rings (SSSR count). The Morgan fingerprint density at radius 1 is 1.50 bits per heavy atom. The van der Waals surface area contributed by atoms with Crippen molar-refractivity contribution in [2.24, 2.45) is 0 Å². The van der Waals surface area contributed by atoms with Gasteiger partial charge in [0.15, 0.2) is 0 Å². The van der Waals surface area contributed by atoms with Crippen LogP contribution in [0.15, 0.2) is 0 Å². The van der Waals surface area contributed by atoms with E-state index in [9.17, 15) is 13.2 Å². The molecule has 0 amide bonds. The number of ether oxygens (including phenoxy) is 1. The number of aliphatic carboxylic acids is 1. The number of unbranched alkanes of at least 4 members (excludes halogenated alkanes) is 1. The Bertz CT molecular complexity index is 344. The van der Waals surface area contributed by atoms with Gasteiger partial charge in [-0.2, -0.15) is 17.4 Å². The predicted molar refractivity (Wildman–Crippen MR) is 67.5 cm³/mol. The highest BCUT2D eigenvalue weighted by Gasteiger charge is 2.20. The van der Waals surface area contributed by atoms with Gasteiger partial charge in [-0.05, 0) is 6.42 Å². The molecule has 0 fully saturated rings. The summed E-state index contributed by atoms with van der Waals surface area (Å²) in [6.45, 7) is 2.35. The van der Waals surface area contributed by atoms with E-state index in [0.717, 1.165) is 12.8 Å². The molecule has 0 aliphatic carbocycles. The van der Waals surface area contributed by atoms with Crippen molar-refractivity contribution < 1.29 is 23.1 Å². The van der Waals surface area contributed by atoms with Gasteiger partial charge in [-0.25, -0.2) is 0 Å². The predicted octanol–water partition coefficient (Wildman–Crippen LogP) is 0.0424. The summed E-state index contributed by atoms with van der Waals surface area (Å²) in [5, 5.41) is 8.60. The van der Waals surface area contributed by atoms with Gasteiger partial charge >= 0.3 is 5.97 Å². The number of hydrogen-bond donors (Lipinski definition) is 2. The van der Waals surface area contributed by atoms with E-state index in [1.54, 1.807) is 0 Å². The number of hydrogen-bond acceptors (Lipinski definition) is 4. The van der Waals surface area contributed by atoms with E-state index in [2.05, 4.69) is 4.72 Å². The first-order chi connectivity index (χ1) is 8.33. The molecule has 0 saturated heterocycles. The molecule has 0 aromatic heterocycles. The first kappa shape index (κ1) is 17.3. The molecule has 0 aromatic rings. The molecule has 7 nitrogen and oxygen atoms in total. The monoisotopic (exact) mass is 282 g/mol. The van der Waals surface area contributed by atoms with Crippen molar-refractivity contribution in [3.8, 4) is 0 Å². The number of rotatable bonds is 10. The van der Waals surface area contributed by atoms with Crippen LogP contribution >= 0.6 is 0 Å². The van der Waals surface area contributed by atoms with Gasteiger partial charge in [0, 0.05) is 27.2 Å². The van der Waals surface area contributed by atoms with Crippen molar-refractivity contribution in [2.45, 2.75) is 32.3 Å². The molecule has 1 unspecified atom stereocenters. The number of carbonyl (C=O) groups is 1. The summed E-state index contributed by atoms with van der Waals surface area (Å²) >= 11 is 0. The van der Waals surface area contributed by atoms with E-state index in [-0.39, 0.29) is 13.0 Å². The standard InChI is InChI=1S/C10H22N2O5S/c1-4-5-6-12(2)18(15,16)11-8-9(17-3)7-10(13)14/h9,11H,4-8H2,1-3H3,(H,13,14). The smallest absolute Gasteiger partial charge is 0.306 e. The van der Waals surface area contributed by atoms with Crippen LogP contribution in [-0.2, 0) is 19.7 Å². The van der Waals surface area contributed by atoms with Crippen LogP contribution in [0.3, 0.4) is 0 Å². The number of carboxylic acids is 1. The van der Waals surface area contributed by atoms with E-state index in [1.165, 1.54) is 18.5 Å². The van der Waals surface area contributed by atoms with Crippen LogP contribution in [-0.4, -0.2) is 57.1 Å². The Labute approximate surface area is 108 Å². The largest absolute Gasteiger partial charge is 0.481 e. The van der Waals surface area contributed by atoms with Crippen LogP contribution in [0, 0.1) is 0 Å². The second-order valence-electron chi connectivity index (χ2n) is 3.98. The van der Waals surface area contributed by atoms with Crippen LogP contribution in [0.4, 0.5) is 0 Å². The molecule has 0 aromatic carbocycles. The zero-order chi connectivity index (χ0) is 14.2. The van der Waals surface area contributed by atoms with Crippen molar-refractivity contribution in [1.29, 1.82) is 0 Å². The first-order valence-electron chi connectivity index (χ1n) is 5.79. The van der Waals surface area contributed by atoms with Gasteiger partial charge in [-0.1, -0.05) is 13.3 Å². The minimum Gasteiger partial charge on any atom is -0.481 e. The van der Waals surface area contributed by atoms with Gasteiger partial charge in [0.1, 0.15) is 0 Å². The lowest BCUT2D eigenvalue weighted by atomic mass is 10.2. The van der Waals surface area contributed by atoms with Crippen molar-refractivity contribution in [2.75, 3.05) is 27.2 Å². The third-order valence-corrected chi connectivity index (χ3v) is 4.00. The van der Waals surface area contributed by atoms with Gasteiger partial charge in [0.2, 0.25) is 0 Å². The summed E-state index contributed by atoms with van der Waals surface area (Å²) in [6, 6.07) is 0. The van der Waals surface area contributed by atoms with Crippen LogP contribution < -0.4 is 4.72 Å². The van der Waals surface area contributed by atoms with Crippen molar-refractivity contribution in [3.05, 3.63) is 0 Å². The molecule has 108 valence electrons. The molecule has 8 heteroatoms. The zero-order valence-corrected chi connectivity index (χ0v) is 11.9. The number of nitrogens with zero attached hydrogens (tertiary/aromatic N) is 1. The topological polar surface area (TPSA) is 95.9 Å². The van der Waals surface area contributed by atoms with E-state index in [0.29, 0.717) is 6.54 Å². The molecular formula is C10H22N2O5S. The highest BCUT2D eigenvalue weighted by Crippen LogP contribution is 2.01. The normalized spacial score (nSPS) is 13.8. The quantitative estimate of drug-likeness (QED) is 0.590. The maximum atomic E-state index is 11.8. The Morgan fingerprint density at radius 2 is 2.11 bits per heavy atom. The molecule has 0 bridgehead atoms. The van der Waals surface area contributed by atoms with Crippen LogP contribution in [0.25, 0.3) is 0 Å². The summed E-state index contributed by atoms with van der Waals surface area (Å²) in [4.78, 5) is 10.5. The summed E-state index contributed by atoms with van der Waals surface area (Å²) < 4.78 is 31.9. The highest BCUT2D eigenvalue weighted by molar-refractivity contribution is 7.87. The second kappa shape index (κ2) is 8.41. The summed E-state index contributed by atoms with van der Waals surface area (Å²) in [7, 11) is -0.730. The third kappa shape index (κ3) is 6.90. The van der Waals surface area contributed by atoms with Crippen molar-refractivity contribution >= 4 is 16.2 Å². The molecule has 0 spiro atoms. The average molecular weight is 282 g/mol. The molecule has 2 N–H and O–H groups in total. The number of carboxylic acid groups (broad SMARTS) is 1. The SMILES string of the molecule is CCCCN(C)S(=O)(=O)NCC(CC(=O)O)OC. The Hall–Kier alpha value is -0.700. The number of methoxy groups -OCH3 is 1. The fourth-order valence-electron chi connectivity index (χ4n) is 1.24. The zero-order valence-electron chi connectivity index (χ0n) is 11.0. The van der Waals surface area contributed by atoms with Crippen LogP contribution in [0.5, 0.6) is 0 Å². The fourth-order valence-corrected chi connectivity index (χ4v) is 2.23. The minimum atomic E-state index is -3.56. The molecular weight excluding hydrogens is 260 g/mol. The molecule has 0 radical (unpaired) electrons. The molecule has 1 atom stereocenters. The van der Waals surface area contributed by atoms with Crippen molar-refractivity contribution in [3.63, 3.8) is 0 Å². The highest BCUT2D eigenvalue weighted by atomic mass is 32.2. The Balaban J connectivity index is 4.27. The second-order valence-corrected chi connectivity index (χ2v) is 5.85. The van der Waals surface area contributed by atoms with E-state index in [4.69, 9.17) is 9.84 Å². The lowest BCUT2D eigenvalue weighted by Gasteiger charge is -2.19. The van der Waals surface area contributed by atoms with E-state index in [1.807, 2.05) is 6.92 Å². The van der Waals surface area contributed by atoms with Crippen molar-refractivity contribution in [1.82, 2.24) is 9.03 Å². The summed E-state index contributed by atoms with van der Waals surface area (Å²) in [5.41, 5.74) is 0. The molecule has 0 aliphatic rings. The minimum absolute atomic E-state index is 0.0540. The molecule has 18 heavy (non-hydrogen) atoms. The van der Waals surface area contributed by atoms with Gasteiger partial charge in [-0.3, -0.25) is 4.79 Å². The van der Waals surface area contributed by atoms with E-state index >= 15 is 0 Å². The first-order valence-corrected chi connectivity index (χ1v) is 7.23. The van der Waals surface area contributed by atoms with Crippen LogP contribution in [0.1, 0.15) is 26.2 Å². The molecule has 0 heterocycles. The lowest BCUT2D eigenvalue weighted by Crippen LogP contribution is -2.42. The Morgan fingerprint density at radius 3 is 2.56 bits per heavy atom. The van der Waals surface area contributed by atoms with E-state index < -0.39 is 22.3 Å². The molecule has 0 aliphatic heterocycles. The fraction of sp³-hybridized carbons (Fsp3) is 0.900. The summed E-state index contributed by atoms with van der Waals surface area (Å²) in [5.74, 6) is -1.03.